The first-order valence-electron chi connectivity index (χ1n) is 10.7. The molecule has 1 heterocycles. The lowest BCUT2D eigenvalue weighted by Gasteiger charge is -2.32. The Balaban J connectivity index is 1.73. The molecule has 3 aromatic rings. The normalized spacial score (nSPS) is 14.8. The van der Waals surface area contributed by atoms with E-state index in [4.69, 9.17) is 16.0 Å². The van der Waals surface area contributed by atoms with Crippen LogP contribution in [0.4, 0.5) is 4.39 Å². The van der Waals surface area contributed by atoms with E-state index in [0.717, 1.165) is 25.7 Å². The van der Waals surface area contributed by atoms with Crippen molar-refractivity contribution in [3.05, 3.63) is 94.7 Å². The van der Waals surface area contributed by atoms with Crippen LogP contribution < -0.4 is 5.32 Å². The number of furan rings is 1. The first-order chi connectivity index (χ1) is 15.5. The highest BCUT2D eigenvalue weighted by atomic mass is 35.5. The van der Waals surface area contributed by atoms with E-state index in [1.807, 2.05) is 0 Å². The fraction of sp³-hybridized carbons (Fsp3) is 0.280. The van der Waals surface area contributed by atoms with E-state index in [9.17, 15) is 14.0 Å². The molecule has 1 atom stereocenters. The van der Waals surface area contributed by atoms with Crippen molar-refractivity contribution >= 4 is 23.4 Å². The average molecular weight is 455 g/mol. The van der Waals surface area contributed by atoms with Crippen molar-refractivity contribution < 1.29 is 18.4 Å². The molecule has 0 bridgehead atoms. The summed E-state index contributed by atoms with van der Waals surface area (Å²) < 4.78 is 18.8. The average Bonchev–Trinajstić information content (AvgIpc) is 3.50. The van der Waals surface area contributed by atoms with E-state index >= 15 is 0 Å². The highest BCUT2D eigenvalue weighted by molar-refractivity contribution is 6.30. The highest BCUT2D eigenvalue weighted by Crippen LogP contribution is 2.28. The van der Waals surface area contributed by atoms with E-state index in [0.29, 0.717) is 16.1 Å². The Hall–Kier alpha value is -3.12. The number of hydrogen-bond acceptors (Lipinski definition) is 3. The molecule has 7 heteroatoms. The zero-order chi connectivity index (χ0) is 22.5. The summed E-state index contributed by atoms with van der Waals surface area (Å²) in [6.45, 7) is 0.102. The molecular formula is C25H24ClFN2O3. The van der Waals surface area contributed by atoms with Crippen LogP contribution in [-0.2, 0) is 11.3 Å². The van der Waals surface area contributed by atoms with Gasteiger partial charge in [0.15, 0.2) is 5.76 Å². The first kappa shape index (κ1) is 22.1. The van der Waals surface area contributed by atoms with Crippen LogP contribution in [0.5, 0.6) is 0 Å². The molecule has 0 spiro atoms. The number of nitrogens with one attached hydrogen (secondary N) is 1. The summed E-state index contributed by atoms with van der Waals surface area (Å²) in [6.07, 6.45) is 5.40. The van der Waals surface area contributed by atoms with E-state index in [1.54, 1.807) is 48.5 Å². The third-order valence-electron chi connectivity index (χ3n) is 5.71. The molecule has 2 aromatic carbocycles. The molecule has 1 fully saturated rings. The van der Waals surface area contributed by atoms with Crippen molar-refractivity contribution in [2.24, 2.45) is 0 Å². The standard InChI is InChI=1S/C25H24ClFN2O3/c26-19-11-9-18(10-12-19)23(24(30)28-21-4-1-2-5-21)29(25(31)22-6-3-15-32-22)16-17-7-13-20(27)14-8-17/h3,6-15,21,23H,1-2,4-5,16H2,(H,28,30). The van der Waals surface area contributed by atoms with E-state index in [-0.39, 0.29) is 30.1 Å². The third kappa shape index (κ3) is 5.19. The molecule has 5 nitrogen and oxygen atoms in total. The maximum Gasteiger partial charge on any atom is 0.290 e. The molecule has 1 N–H and O–H groups in total. The Morgan fingerprint density at radius 1 is 1.06 bits per heavy atom. The summed E-state index contributed by atoms with van der Waals surface area (Å²) >= 11 is 6.07. The van der Waals surface area contributed by atoms with E-state index in [2.05, 4.69) is 5.32 Å². The predicted molar refractivity (Wildman–Crippen MR) is 120 cm³/mol. The Morgan fingerprint density at radius 2 is 1.75 bits per heavy atom. The van der Waals surface area contributed by atoms with Gasteiger partial charge >= 0.3 is 0 Å². The second kappa shape index (κ2) is 10.0. The number of amides is 2. The Morgan fingerprint density at radius 3 is 2.38 bits per heavy atom. The van der Waals surface area contributed by atoms with Crippen molar-refractivity contribution in [2.45, 2.75) is 44.3 Å². The Labute approximate surface area is 191 Å². The van der Waals surface area contributed by atoms with Crippen molar-refractivity contribution in [1.29, 1.82) is 0 Å². The molecule has 0 saturated heterocycles. The van der Waals surface area contributed by atoms with Gasteiger partial charge in [0.2, 0.25) is 5.91 Å². The smallest absolute Gasteiger partial charge is 0.290 e. The Kier molecular flexibility index (Phi) is 6.90. The second-order valence-corrected chi connectivity index (χ2v) is 8.42. The molecule has 0 radical (unpaired) electrons. The zero-order valence-corrected chi connectivity index (χ0v) is 18.2. The molecule has 1 unspecified atom stereocenters. The van der Waals surface area contributed by atoms with E-state index < -0.39 is 11.9 Å². The van der Waals surface area contributed by atoms with Crippen molar-refractivity contribution in [2.75, 3.05) is 0 Å². The lowest BCUT2D eigenvalue weighted by atomic mass is 10.0. The van der Waals surface area contributed by atoms with Crippen molar-refractivity contribution in [1.82, 2.24) is 10.2 Å². The monoisotopic (exact) mass is 454 g/mol. The van der Waals surface area contributed by atoms with Crippen LogP contribution in [0, 0.1) is 5.82 Å². The minimum Gasteiger partial charge on any atom is -0.459 e. The van der Waals surface area contributed by atoms with Crippen LogP contribution in [-0.4, -0.2) is 22.8 Å². The molecule has 1 aliphatic carbocycles. The van der Waals surface area contributed by atoms with Crippen molar-refractivity contribution in [3.63, 3.8) is 0 Å². The molecule has 2 amide bonds. The van der Waals surface area contributed by atoms with Gasteiger partial charge < -0.3 is 14.6 Å². The van der Waals surface area contributed by atoms with Gasteiger partial charge in [-0.25, -0.2) is 4.39 Å². The number of halogens is 2. The van der Waals surface area contributed by atoms with Gasteiger partial charge in [0, 0.05) is 17.6 Å². The summed E-state index contributed by atoms with van der Waals surface area (Å²) in [6, 6.07) is 15.1. The minimum atomic E-state index is -0.907. The molecule has 32 heavy (non-hydrogen) atoms. The lowest BCUT2D eigenvalue weighted by molar-refractivity contribution is -0.126. The zero-order valence-electron chi connectivity index (χ0n) is 17.5. The quantitative estimate of drug-likeness (QED) is 0.511. The second-order valence-electron chi connectivity index (χ2n) is 7.98. The van der Waals surface area contributed by atoms with Crippen LogP contribution in [0.1, 0.15) is 53.4 Å². The Bertz CT molecular complexity index is 1050. The van der Waals surface area contributed by atoms with Gasteiger partial charge in [0.25, 0.3) is 5.91 Å². The summed E-state index contributed by atoms with van der Waals surface area (Å²) in [5.41, 5.74) is 1.32. The van der Waals surface area contributed by atoms with Crippen LogP contribution in [0.2, 0.25) is 5.02 Å². The predicted octanol–water partition coefficient (Wildman–Crippen LogP) is 5.51. The summed E-state index contributed by atoms with van der Waals surface area (Å²) in [4.78, 5) is 28.4. The van der Waals surface area contributed by atoms with E-state index in [1.165, 1.54) is 23.3 Å². The van der Waals surface area contributed by atoms with Gasteiger partial charge in [-0.05, 0) is 60.4 Å². The van der Waals surface area contributed by atoms with Crippen LogP contribution >= 0.6 is 11.6 Å². The molecule has 1 aliphatic rings. The maximum absolute atomic E-state index is 13.5. The largest absolute Gasteiger partial charge is 0.459 e. The fourth-order valence-electron chi connectivity index (χ4n) is 4.08. The van der Waals surface area contributed by atoms with Crippen molar-refractivity contribution in [3.8, 4) is 0 Å². The van der Waals surface area contributed by atoms with Gasteiger partial charge in [0.05, 0.1) is 6.26 Å². The molecule has 4 rings (SSSR count). The molecular weight excluding hydrogens is 431 g/mol. The summed E-state index contributed by atoms with van der Waals surface area (Å²) in [7, 11) is 0. The topological polar surface area (TPSA) is 62.6 Å². The highest BCUT2D eigenvalue weighted by Gasteiger charge is 2.34. The first-order valence-corrected chi connectivity index (χ1v) is 11.0. The molecule has 1 saturated carbocycles. The number of benzene rings is 2. The van der Waals surface area contributed by atoms with Gasteiger partial charge in [-0.1, -0.05) is 48.7 Å². The van der Waals surface area contributed by atoms with Crippen LogP contribution in [0.3, 0.4) is 0 Å². The summed E-state index contributed by atoms with van der Waals surface area (Å²) in [5.74, 6) is -0.937. The van der Waals surface area contributed by atoms with Gasteiger partial charge in [-0.3, -0.25) is 9.59 Å². The van der Waals surface area contributed by atoms with Gasteiger partial charge in [-0.2, -0.15) is 0 Å². The molecule has 1 aromatic heterocycles. The minimum absolute atomic E-state index is 0.0867. The van der Waals surface area contributed by atoms with Crippen LogP contribution in [0.25, 0.3) is 0 Å². The van der Waals surface area contributed by atoms with Gasteiger partial charge in [-0.15, -0.1) is 0 Å². The molecule has 166 valence electrons. The van der Waals surface area contributed by atoms with Crippen LogP contribution in [0.15, 0.2) is 71.3 Å². The van der Waals surface area contributed by atoms with Gasteiger partial charge in [0.1, 0.15) is 11.9 Å². The summed E-state index contributed by atoms with van der Waals surface area (Å²) in [5, 5.41) is 3.64. The maximum atomic E-state index is 13.5. The third-order valence-corrected chi connectivity index (χ3v) is 5.96. The number of nitrogens with zero attached hydrogens (tertiary/aromatic N) is 1. The number of carbonyl (C=O) groups excluding carboxylic acids is 2. The SMILES string of the molecule is O=C(NC1CCCC1)C(c1ccc(Cl)cc1)N(Cc1ccc(F)cc1)C(=O)c1ccco1. The number of rotatable bonds is 7. The molecule has 0 aliphatic heterocycles. The fourth-order valence-corrected chi connectivity index (χ4v) is 4.20. The number of hydrogen-bond donors (Lipinski definition) is 1. The lowest BCUT2D eigenvalue weighted by Crippen LogP contribution is -2.45. The number of carbonyl (C=O) groups is 2.